The number of hydrogen-bond donors (Lipinski definition) is 6. The Hall–Kier alpha value is -0.730. The lowest BCUT2D eigenvalue weighted by atomic mass is 9.97. The molecule has 11 heteroatoms. The maximum absolute atomic E-state index is 11.6. The monoisotopic (exact) mass is 354 g/mol. The lowest BCUT2D eigenvalue weighted by Crippen LogP contribution is -2.63. The zero-order valence-corrected chi connectivity index (χ0v) is 12.8. The van der Waals surface area contributed by atoms with E-state index in [9.17, 15) is 30.3 Å². The van der Waals surface area contributed by atoms with Crippen molar-refractivity contribution in [2.45, 2.75) is 55.3 Å². The van der Waals surface area contributed by atoms with Crippen LogP contribution in [0.15, 0.2) is 0 Å². The fourth-order valence-electron chi connectivity index (χ4n) is 2.63. The van der Waals surface area contributed by atoms with E-state index < -0.39 is 74.3 Å². The van der Waals surface area contributed by atoms with Gasteiger partial charge in [-0.1, -0.05) is 0 Å². The Bertz CT molecular complexity index is 426. The quantitative estimate of drug-likeness (QED) is 0.280. The van der Waals surface area contributed by atoms with Crippen molar-refractivity contribution < 1.29 is 54.4 Å². The average molecular weight is 354 g/mol. The topological polar surface area (TPSA) is 175 Å². The summed E-state index contributed by atoms with van der Waals surface area (Å²) in [5.74, 6) is -0.913. The molecule has 0 amide bonds. The third-order valence-electron chi connectivity index (χ3n) is 4.02. The molecule has 2 aliphatic rings. The van der Waals surface area contributed by atoms with Crippen molar-refractivity contribution in [1.82, 2.24) is 0 Å². The van der Waals surface area contributed by atoms with E-state index >= 15 is 0 Å². The lowest BCUT2D eigenvalue weighted by molar-refractivity contribution is -0.341. The number of aliphatic hydroxyl groups excluding tert-OH is 6. The number of ether oxygens (including phenoxy) is 4. The molecule has 2 rings (SSSR count). The first-order valence-electron chi connectivity index (χ1n) is 7.32. The molecule has 2 heterocycles. The zero-order valence-electron chi connectivity index (χ0n) is 12.8. The second kappa shape index (κ2) is 8.10. The molecule has 9 atom stereocenters. The molecule has 2 saturated heterocycles. The lowest BCUT2D eigenvalue weighted by Gasteiger charge is -2.44. The summed E-state index contributed by atoms with van der Waals surface area (Å²) in [4.78, 5) is 11.6. The third kappa shape index (κ3) is 3.60. The molecule has 0 aromatic rings. The Morgan fingerprint density at radius 1 is 0.958 bits per heavy atom. The van der Waals surface area contributed by atoms with Crippen LogP contribution in [0.2, 0.25) is 0 Å². The van der Waals surface area contributed by atoms with Crippen molar-refractivity contribution in [3.05, 3.63) is 0 Å². The molecule has 0 saturated carbocycles. The fourth-order valence-corrected chi connectivity index (χ4v) is 2.63. The van der Waals surface area contributed by atoms with Gasteiger partial charge >= 0.3 is 0 Å². The minimum atomic E-state index is -1.85. The van der Waals surface area contributed by atoms with Crippen LogP contribution >= 0.6 is 0 Å². The molecule has 0 aliphatic carbocycles. The van der Waals surface area contributed by atoms with Gasteiger partial charge in [-0.3, -0.25) is 4.79 Å². The Balaban J connectivity index is 2.13. The standard InChI is InChI=1S/C13H22O11/c1-21-12-10(20)8(18)11(5(3-15)23-12)24-13-9(19)7(17)6(16)4(2-14)22-13/h4-5,7-15,17-20H,2-3H2,1H3/t4-,5-,7+,8-,9-,10-,11+,12+,13-/m1/s1. The molecule has 11 nitrogen and oxygen atoms in total. The molecule has 2 fully saturated rings. The van der Waals surface area contributed by atoms with Gasteiger partial charge in [0.25, 0.3) is 0 Å². The van der Waals surface area contributed by atoms with Crippen LogP contribution in [0, 0.1) is 0 Å². The minimum absolute atomic E-state index is 0.609. The number of ketones is 1. The van der Waals surface area contributed by atoms with Crippen LogP contribution in [0.5, 0.6) is 0 Å². The van der Waals surface area contributed by atoms with Crippen molar-refractivity contribution in [2.24, 2.45) is 0 Å². The van der Waals surface area contributed by atoms with Gasteiger partial charge in [0.15, 0.2) is 18.4 Å². The Labute approximate surface area is 136 Å². The van der Waals surface area contributed by atoms with Crippen molar-refractivity contribution in [2.75, 3.05) is 20.3 Å². The predicted octanol–water partition coefficient (Wildman–Crippen LogP) is -4.53. The SMILES string of the molecule is CO[C@H]1O[C@H](CO)[C@H](O[C@H]2O[C@H](CO)C(=O)[C@H](O)[C@H]2O)[C@H](O)[C@H]1O. The fraction of sp³-hybridized carbons (Fsp3) is 0.923. The number of rotatable bonds is 5. The summed E-state index contributed by atoms with van der Waals surface area (Å²) in [5, 5.41) is 58.1. The summed E-state index contributed by atoms with van der Waals surface area (Å²) in [6, 6.07) is 0. The third-order valence-corrected chi connectivity index (χ3v) is 4.02. The largest absolute Gasteiger partial charge is 0.394 e. The molecule has 0 radical (unpaired) electrons. The molecule has 140 valence electrons. The first-order valence-corrected chi connectivity index (χ1v) is 7.32. The first kappa shape index (κ1) is 19.6. The summed E-state index contributed by atoms with van der Waals surface area (Å²) in [7, 11) is 1.23. The minimum Gasteiger partial charge on any atom is -0.394 e. The molecule has 24 heavy (non-hydrogen) atoms. The van der Waals surface area contributed by atoms with Crippen molar-refractivity contribution in [3.63, 3.8) is 0 Å². The van der Waals surface area contributed by atoms with Crippen molar-refractivity contribution >= 4 is 5.78 Å². The van der Waals surface area contributed by atoms with E-state index in [2.05, 4.69) is 0 Å². The smallest absolute Gasteiger partial charge is 0.195 e. The molecule has 0 aromatic heterocycles. The van der Waals surface area contributed by atoms with Crippen LogP contribution in [-0.4, -0.2) is 112 Å². The van der Waals surface area contributed by atoms with E-state index in [1.54, 1.807) is 0 Å². The number of Topliss-reactive ketones (excluding diaryl/α,β-unsaturated/α-hetero) is 1. The summed E-state index contributed by atoms with van der Waals surface area (Å²) < 4.78 is 20.5. The van der Waals surface area contributed by atoms with Crippen LogP contribution in [0.3, 0.4) is 0 Å². The molecule has 0 bridgehead atoms. The van der Waals surface area contributed by atoms with Crippen molar-refractivity contribution in [1.29, 1.82) is 0 Å². The van der Waals surface area contributed by atoms with E-state index in [0.717, 1.165) is 0 Å². The van der Waals surface area contributed by atoms with Crippen LogP contribution < -0.4 is 0 Å². The van der Waals surface area contributed by atoms with Crippen LogP contribution in [0.4, 0.5) is 0 Å². The molecule has 0 aromatic carbocycles. The van der Waals surface area contributed by atoms with E-state index in [1.165, 1.54) is 7.11 Å². The van der Waals surface area contributed by atoms with E-state index in [4.69, 9.17) is 24.1 Å². The molecule has 2 aliphatic heterocycles. The number of methoxy groups -OCH3 is 1. The molecular formula is C13H22O11. The van der Waals surface area contributed by atoms with Crippen molar-refractivity contribution in [3.8, 4) is 0 Å². The summed E-state index contributed by atoms with van der Waals surface area (Å²) >= 11 is 0. The Morgan fingerprint density at radius 3 is 2.17 bits per heavy atom. The van der Waals surface area contributed by atoms with E-state index in [0.29, 0.717) is 0 Å². The Kier molecular flexibility index (Phi) is 6.61. The van der Waals surface area contributed by atoms with Crippen LogP contribution in [-0.2, 0) is 23.7 Å². The summed E-state index contributed by atoms with van der Waals surface area (Å²) in [5.41, 5.74) is 0. The van der Waals surface area contributed by atoms with Gasteiger partial charge in [0.2, 0.25) is 0 Å². The highest BCUT2D eigenvalue weighted by molar-refractivity contribution is 5.88. The second-order valence-corrected chi connectivity index (χ2v) is 5.56. The maximum Gasteiger partial charge on any atom is 0.195 e. The Morgan fingerprint density at radius 2 is 1.62 bits per heavy atom. The van der Waals surface area contributed by atoms with Gasteiger partial charge in [-0.2, -0.15) is 0 Å². The number of carbonyl (C=O) groups is 1. The highest BCUT2D eigenvalue weighted by atomic mass is 16.7. The van der Waals surface area contributed by atoms with Gasteiger partial charge in [-0.15, -0.1) is 0 Å². The molecule has 6 N–H and O–H groups in total. The predicted molar refractivity (Wildman–Crippen MR) is 72.4 cm³/mol. The number of hydrogen-bond acceptors (Lipinski definition) is 11. The van der Waals surface area contributed by atoms with Gasteiger partial charge in [0, 0.05) is 7.11 Å². The van der Waals surface area contributed by atoms with E-state index in [-0.39, 0.29) is 0 Å². The van der Waals surface area contributed by atoms with Crippen LogP contribution in [0.1, 0.15) is 0 Å². The molecule has 0 spiro atoms. The van der Waals surface area contributed by atoms with Crippen LogP contribution in [0.25, 0.3) is 0 Å². The zero-order chi connectivity index (χ0) is 18.0. The number of aliphatic hydroxyl groups is 6. The van der Waals surface area contributed by atoms with Gasteiger partial charge in [0.05, 0.1) is 13.2 Å². The van der Waals surface area contributed by atoms with Gasteiger partial charge in [-0.05, 0) is 0 Å². The highest BCUT2D eigenvalue weighted by Gasteiger charge is 2.50. The van der Waals surface area contributed by atoms with Gasteiger partial charge in [-0.25, -0.2) is 0 Å². The highest BCUT2D eigenvalue weighted by Crippen LogP contribution is 2.28. The normalized spacial score (nSPS) is 47.0. The van der Waals surface area contributed by atoms with Gasteiger partial charge in [0.1, 0.15) is 42.7 Å². The van der Waals surface area contributed by atoms with Gasteiger partial charge < -0.3 is 49.6 Å². The summed E-state index contributed by atoms with van der Waals surface area (Å²) in [6.07, 6.45) is -13.4. The van der Waals surface area contributed by atoms with E-state index in [1.807, 2.05) is 0 Å². The molecule has 0 unspecified atom stereocenters. The number of carbonyl (C=O) groups excluding carboxylic acids is 1. The first-order chi connectivity index (χ1) is 11.3. The maximum atomic E-state index is 11.6. The average Bonchev–Trinajstić information content (AvgIpc) is 2.59. The molecular weight excluding hydrogens is 332 g/mol. The second-order valence-electron chi connectivity index (χ2n) is 5.56. The summed E-state index contributed by atoms with van der Waals surface area (Å²) in [6.45, 7) is -1.36.